The molecule has 0 saturated heterocycles. The van der Waals surface area contributed by atoms with E-state index in [2.05, 4.69) is 15.9 Å². The molecule has 0 amide bonds. The zero-order chi connectivity index (χ0) is 13.0. The molecular weight excluding hydrogens is 294 g/mol. The first-order chi connectivity index (χ1) is 8.65. The number of Topliss-reactive ketones (excluding diaryl/α,β-unsaturated/α-hetero) is 1. The van der Waals surface area contributed by atoms with Crippen LogP contribution < -0.4 is 0 Å². The molecule has 0 atom stereocenters. The van der Waals surface area contributed by atoms with Crippen LogP contribution in [0.25, 0.3) is 0 Å². The summed E-state index contributed by atoms with van der Waals surface area (Å²) in [4.78, 5) is 13.8. The molecule has 0 aliphatic heterocycles. The van der Waals surface area contributed by atoms with Crippen molar-refractivity contribution in [3.63, 3.8) is 0 Å². The van der Waals surface area contributed by atoms with Crippen molar-refractivity contribution in [2.24, 2.45) is 0 Å². The summed E-state index contributed by atoms with van der Waals surface area (Å²) in [6.07, 6.45) is 1.52. The van der Waals surface area contributed by atoms with Crippen molar-refractivity contribution in [2.45, 2.75) is 6.54 Å². The molecule has 0 N–H and O–H groups in total. The van der Waals surface area contributed by atoms with Gasteiger partial charge in [-0.1, -0.05) is 28.1 Å². The quantitative estimate of drug-likeness (QED) is 0.794. The van der Waals surface area contributed by atoms with E-state index in [1.807, 2.05) is 36.2 Å². The number of ketones is 1. The van der Waals surface area contributed by atoms with Crippen LogP contribution in [0.5, 0.6) is 0 Å². The van der Waals surface area contributed by atoms with Gasteiger partial charge in [-0.3, -0.25) is 9.69 Å². The van der Waals surface area contributed by atoms with Gasteiger partial charge in [0.2, 0.25) is 5.78 Å². The van der Waals surface area contributed by atoms with Gasteiger partial charge in [0.15, 0.2) is 5.76 Å². The first-order valence-corrected chi connectivity index (χ1v) is 6.44. The highest BCUT2D eigenvalue weighted by Crippen LogP contribution is 2.13. The maximum Gasteiger partial charge on any atom is 0.211 e. The van der Waals surface area contributed by atoms with Crippen molar-refractivity contribution in [3.8, 4) is 0 Å². The van der Waals surface area contributed by atoms with Gasteiger partial charge in [0.1, 0.15) is 0 Å². The van der Waals surface area contributed by atoms with Gasteiger partial charge < -0.3 is 4.42 Å². The molecule has 0 radical (unpaired) electrons. The standard InChI is InChI=1S/C14H14BrNO2/c1-16(9-11-4-2-5-12(15)8-11)10-13(17)14-6-3-7-18-14/h2-8H,9-10H2,1H3. The molecule has 0 aliphatic rings. The third kappa shape index (κ3) is 3.55. The number of likely N-dealkylation sites (N-methyl/N-ethyl adjacent to an activating group) is 1. The average molecular weight is 308 g/mol. The molecule has 0 bridgehead atoms. The zero-order valence-electron chi connectivity index (χ0n) is 10.1. The Bertz CT molecular complexity index is 522. The molecule has 94 valence electrons. The lowest BCUT2D eigenvalue weighted by atomic mass is 10.2. The molecule has 2 rings (SSSR count). The molecule has 0 aliphatic carbocycles. The number of halogens is 1. The molecule has 1 aromatic carbocycles. The Morgan fingerprint density at radius 1 is 1.33 bits per heavy atom. The van der Waals surface area contributed by atoms with Crippen LogP contribution in [0.3, 0.4) is 0 Å². The van der Waals surface area contributed by atoms with Crippen molar-refractivity contribution in [2.75, 3.05) is 13.6 Å². The van der Waals surface area contributed by atoms with E-state index in [0.717, 1.165) is 11.0 Å². The van der Waals surface area contributed by atoms with Crippen LogP contribution in [0.4, 0.5) is 0 Å². The molecule has 0 saturated carbocycles. The van der Waals surface area contributed by atoms with Crippen LogP contribution in [0.1, 0.15) is 16.1 Å². The minimum atomic E-state index is -0.00232. The Kier molecular flexibility index (Phi) is 4.33. The number of rotatable bonds is 5. The van der Waals surface area contributed by atoms with Crippen molar-refractivity contribution in [1.29, 1.82) is 0 Å². The van der Waals surface area contributed by atoms with E-state index in [9.17, 15) is 4.79 Å². The summed E-state index contributed by atoms with van der Waals surface area (Å²) < 4.78 is 6.13. The zero-order valence-corrected chi connectivity index (χ0v) is 11.7. The molecular formula is C14H14BrNO2. The third-order valence-corrected chi connectivity index (χ3v) is 3.04. The second-order valence-corrected chi connectivity index (χ2v) is 5.12. The van der Waals surface area contributed by atoms with E-state index in [1.165, 1.54) is 11.8 Å². The van der Waals surface area contributed by atoms with Gasteiger partial charge in [0.05, 0.1) is 12.8 Å². The lowest BCUT2D eigenvalue weighted by Crippen LogP contribution is -2.25. The highest BCUT2D eigenvalue weighted by Gasteiger charge is 2.11. The lowest BCUT2D eigenvalue weighted by Gasteiger charge is -2.15. The van der Waals surface area contributed by atoms with Gasteiger partial charge in [-0.05, 0) is 36.9 Å². The summed E-state index contributed by atoms with van der Waals surface area (Å²) in [7, 11) is 1.92. The van der Waals surface area contributed by atoms with Crippen LogP contribution >= 0.6 is 15.9 Å². The summed E-state index contributed by atoms with van der Waals surface area (Å²) >= 11 is 3.43. The highest BCUT2D eigenvalue weighted by molar-refractivity contribution is 9.10. The van der Waals surface area contributed by atoms with Gasteiger partial charge in [-0.2, -0.15) is 0 Å². The molecule has 1 aromatic heterocycles. The number of hydrogen-bond donors (Lipinski definition) is 0. The van der Waals surface area contributed by atoms with Crippen LogP contribution in [0.2, 0.25) is 0 Å². The smallest absolute Gasteiger partial charge is 0.211 e. The van der Waals surface area contributed by atoms with Gasteiger partial charge >= 0.3 is 0 Å². The first-order valence-electron chi connectivity index (χ1n) is 5.65. The fourth-order valence-corrected chi connectivity index (χ4v) is 2.21. The number of carbonyl (C=O) groups is 1. The van der Waals surface area contributed by atoms with E-state index in [4.69, 9.17) is 4.42 Å². The minimum absolute atomic E-state index is 0.00232. The van der Waals surface area contributed by atoms with E-state index in [0.29, 0.717) is 12.3 Å². The summed E-state index contributed by atoms with van der Waals surface area (Å²) in [5.74, 6) is 0.411. The second-order valence-electron chi connectivity index (χ2n) is 4.20. The SMILES string of the molecule is CN(CC(=O)c1ccco1)Cc1cccc(Br)c1. The number of benzene rings is 1. The molecule has 3 nitrogen and oxygen atoms in total. The van der Waals surface area contributed by atoms with Crippen molar-refractivity contribution >= 4 is 21.7 Å². The van der Waals surface area contributed by atoms with Crippen LogP contribution in [0.15, 0.2) is 51.6 Å². The topological polar surface area (TPSA) is 33.5 Å². The molecule has 4 heteroatoms. The van der Waals surface area contributed by atoms with Crippen molar-refractivity contribution in [3.05, 3.63) is 58.5 Å². The van der Waals surface area contributed by atoms with Gasteiger partial charge in [0, 0.05) is 11.0 Å². The molecule has 0 fully saturated rings. The van der Waals surface area contributed by atoms with Crippen molar-refractivity contribution < 1.29 is 9.21 Å². The Morgan fingerprint density at radius 2 is 2.17 bits per heavy atom. The summed E-state index contributed by atoms with van der Waals surface area (Å²) in [5.41, 5.74) is 1.17. The van der Waals surface area contributed by atoms with Crippen LogP contribution in [-0.4, -0.2) is 24.3 Å². The summed E-state index contributed by atoms with van der Waals surface area (Å²) in [6.45, 7) is 1.08. The van der Waals surface area contributed by atoms with Gasteiger partial charge in [-0.25, -0.2) is 0 Å². The number of nitrogens with zero attached hydrogens (tertiary/aromatic N) is 1. The van der Waals surface area contributed by atoms with E-state index < -0.39 is 0 Å². The predicted octanol–water partition coefficient (Wildman–Crippen LogP) is 3.36. The minimum Gasteiger partial charge on any atom is -0.461 e. The van der Waals surface area contributed by atoms with Crippen LogP contribution in [0, 0.1) is 0 Å². The fourth-order valence-electron chi connectivity index (χ4n) is 1.76. The van der Waals surface area contributed by atoms with Crippen molar-refractivity contribution in [1.82, 2.24) is 4.90 Å². The van der Waals surface area contributed by atoms with E-state index >= 15 is 0 Å². The average Bonchev–Trinajstić information content (AvgIpc) is 2.81. The monoisotopic (exact) mass is 307 g/mol. The first kappa shape index (κ1) is 13.1. The van der Waals surface area contributed by atoms with Gasteiger partial charge in [0.25, 0.3) is 0 Å². The maximum atomic E-state index is 11.8. The molecule has 1 heterocycles. The van der Waals surface area contributed by atoms with E-state index in [-0.39, 0.29) is 5.78 Å². The third-order valence-electron chi connectivity index (χ3n) is 2.55. The molecule has 2 aromatic rings. The number of carbonyl (C=O) groups excluding carboxylic acids is 1. The molecule has 18 heavy (non-hydrogen) atoms. The molecule has 0 unspecified atom stereocenters. The Hall–Kier alpha value is -1.39. The largest absolute Gasteiger partial charge is 0.461 e. The maximum absolute atomic E-state index is 11.8. The highest BCUT2D eigenvalue weighted by atomic mass is 79.9. The van der Waals surface area contributed by atoms with Crippen LogP contribution in [-0.2, 0) is 6.54 Å². The fraction of sp³-hybridized carbons (Fsp3) is 0.214. The number of furan rings is 1. The Morgan fingerprint density at radius 3 is 2.83 bits per heavy atom. The van der Waals surface area contributed by atoms with Gasteiger partial charge in [-0.15, -0.1) is 0 Å². The Labute approximate surface area is 115 Å². The number of hydrogen-bond acceptors (Lipinski definition) is 3. The predicted molar refractivity (Wildman–Crippen MR) is 73.5 cm³/mol. The summed E-state index contributed by atoms with van der Waals surface area (Å²) in [6, 6.07) is 11.5. The Balaban J connectivity index is 1.93. The second kappa shape index (κ2) is 5.98. The molecule has 0 spiro atoms. The normalized spacial score (nSPS) is 10.8. The lowest BCUT2D eigenvalue weighted by molar-refractivity contribution is 0.0915. The summed E-state index contributed by atoms with van der Waals surface area (Å²) in [5, 5.41) is 0. The van der Waals surface area contributed by atoms with E-state index in [1.54, 1.807) is 12.1 Å².